The van der Waals surface area contributed by atoms with Crippen LogP contribution in [0.1, 0.15) is 47.7 Å². The van der Waals surface area contributed by atoms with E-state index < -0.39 is 5.97 Å². The maximum Gasteiger partial charge on any atom is 0.339 e. The van der Waals surface area contributed by atoms with Crippen LogP contribution in [-0.4, -0.2) is 63.6 Å². The van der Waals surface area contributed by atoms with Gasteiger partial charge in [0.25, 0.3) is 0 Å². The van der Waals surface area contributed by atoms with E-state index in [1.807, 2.05) is 13.8 Å². The van der Waals surface area contributed by atoms with Gasteiger partial charge in [-0.25, -0.2) is 14.8 Å². The Hall–Kier alpha value is -1.53. The quantitative estimate of drug-likeness (QED) is 0.887. The van der Waals surface area contributed by atoms with Crippen LogP contribution in [0.3, 0.4) is 0 Å². The molecule has 3 fully saturated rings. The van der Waals surface area contributed by atoms with Crippen LogP contribution in [0.5, 0.6) is 0 Å². The first kappa shape index (κ1) is 13.5. The number of aromatic nitrogens is 2. The minimum absolute atomic E-state index is 0.0823. The van der Waals surface area contributed by atoms with Crippen LogP contribution in [-0.2, 0) is 0 Å². The van der Waals surface area contributed by atoms with Gasteiger partial charge in [0.05, 0.1) is 17.3 Å². The predicted octanol–water partition coefficient (Wildman–Crippen LogP) is 0.971. The third-order valence-electron chi connectivity index (χ3n) is 4.19. The molecule has 3 aliphatic heterocycles. The number of fused-ring (bicyclic) bond motifs is 3. The molecule has 108 valence electrons. The zero-order chi connectivity index (χ0) is 14.3. The minimum atomic E-state index is -0.950. The van der Waals surface area contributed by atoms with E-state index >= 15 is 0 Å². The Morgan fingerprint density at radius 2 is 2.05 bits per heavy atom. The summed E-state index contributed by atoms with van der Waals surface area (Å²) in [7, 11) is 0. The fraction of sp³-hybridized carbons (Fsp3) is 0.643. The molecule has 0 spiro atoms. The molecule has 1 aromatic rings. The SMILES string of the molecule is CC(C)c1nc(C2CN3CCN2CC3)ncc1C(=O)O. The van der Waals surface area contributed by atoms with Gasteiger partial charge >= 0.3 is 5.97 Å². The van der Waals surface area contributed by atoms with E-state index in [0.717, 1.165) is 38.5 Å². The summed E-state index contributed by atoms with van der Waals surface area (Å²) in [6, 6.07) is 0.206. The average Bonchev–Trinajstić information content (AvgIpc) is 2.47. The molecule has 0 aliphatic carbocycles. The number of aromatic carboxylic acids is 1. The highest BCUT2D eigenvalue weighted by Crippen LogP contribution is 2.28. The molecule has 4 heterocycles. The summed E-state index contributed by atoms with van der Waals surface area (Å²) in [6.07, 6.45) is 1.47. The highest BCUT2D eigenvalue weighted by molar-refractivity contribution is 5.88. The van der Waals surface area contributed by atoms with Crippen molar-refractivity contribution in [3.05, 3.63) is 23.3 Å². The average molecular weight is 276 g/mol. The van der Waals surface area contributed by atoms with Crippen LogP contribution in [0.4, 0.5) is 0 Å². The minimum Gasteiger partial charge on any atom is -0.478 e. The second-order valence-electron chi connectivity index (χ2n) is 5.84. The number of rotatable bonds is 3. The first-order valence-electron chi connectivity index (χ1n) is 7.13. The molecule has 3 saturated heterocycles. The number of hydrogen-bond donors (Lipinski definition) is 1. The van der Waals surface area contributed by atoms with Crippen molar-refractivity contribution in [2.24, 2.45) is 0 Å². The third-order valence-corrected chi connectivity index (χ3v) is 4.19. The normalized spacial score (nSPS) is 28.9. The Labute approximate surface area is 118 Å². The largest absolute Gasteiger partial charge is 0.478 e. The fourth-order valence-electron chi connectivity index (χ4n) is 3.04. The third kappa shape index (κ3) is 2.29. The maximum absolute atomic E-state index is 11.2. The van der Waals surface area contributed by atoms with Crippen molar-refractivity contribution in [2.45, 2.75) is 25.8 Å². The molecule has 3 aliphatic rings. The van der Waals surface area contributed by atoms with Crippen molar-refractivity contribution in [2.75, 3.05) is 32.7 Å². The van der Waals surface area contributed by atoms with Crippen molar-refractivity contribution < 1.29 is 9.90 Å². The number of carboxylic acids is 1. The second-order valence-corrected chi connectivity index (χ2v) is 5.84. The van der Waals surface area contributed by atoms with E-state index in [4.69, 9.17) is 0 Å². The van der Waals surface area contributed by atoms with Crippen LogP contribution in [0.15, 0.2) is 6.20 Å². The van der Waals surface area contributed by atoms with Crippen molar-refractivity contribution in [3.8, 4) is 0 Å². The molecule has 2 bridgehead atoms. The predicted molar refractivity (Wildman–Crippen MR) is 73.8 cm³/mol. The molecular formula is C14H20N4O2. The van der Waals surface area contributed by atoms with Gasteiger partial charge in [0.1, 0.15) is 5.82 Å². The van der Waals surface area contributed by atoms with E-state index in [0.29, 0.717) is 5.69 Å². The first-order chi connectivity index (χ1) is 9.56. The number of hydrogen-bond acceptors (Lipinski definition) is 5. The van der Waals surface area contributed by atoms with Gasteiger partial charge in [-0.1, -0.05) is 13.8 Å². The van der Waals surface area contributed by atoms with Gasteiger partial charge in [-0.15, -0.1) is 0 Å². The lowest BCUT2D eigenvalue weighted by molar-refractivity contribution is 0.00850. The number of piperazine rings is 3. The molecule has 0 aromatic carbocycles. The van der Waals surface area contributed by atoms with Gasteiger partial charge in [-0.05, 0) is 5.92 Å². The van der Waals surface area contributed by atoms with Gasteiger partial charge in [0, 0.05) is 38.9 Å². The molecule has 6 heteroatoms. The molecule has 0 amide bonds. The second kappa shape index (κ2) is 5.10. The topological polar surface area (TPSA) is 69.6 Å². The van der Waals surface area contributed by atoms with E-state index in [9.17, 15) is 9.90 Å². The Kier molecular flexibility index (Phi) is 3.43. The fourth-order valence-corrected chi connectivity index (χ4v) is 3.04. The summed E-state index contributed by atoms with van der Waals surface area (Å²) in [5.74, 6) is -0.100. The summed E-state index contributed by atoms with van der Waals surface area (Å²) in [4.78, 5) is 25.0. The lowest BCUT2D eigenvalue weighted by atomic mass is 10.0. The number of nitrogens with zero attached hydrogens (tertiary/aromatic N) is 4. The van der Waals surface area contributed by atoms with Gasteiger partial charge in [0.15, 0.2) is 0 Å². The zero-order valence-corrected chi connectivity index (χ0v) is 11.9. The lowest BCUT2D eigenvalue weighted by Crippen LogP contribution is -2.57. The van der Waals surface area contributed by atoms with Gasteiger partial charge in [-0.3, -0.25) is 9.80 Å². The van der Waals surface area contributed by atoms with Crippen molar-refractivity contribution >= 4 is 5.97 Å². The molecule has 20 heavy (non-hydrogen) atoms. The molecule has 1 atom stereocenters. The first-order valence-corrected chi connectivity index (χ1v) is 7.13. The molecule has 0 radical (unpaired) electrons. The van der Waals surface area contributed by atoms with Gasteiger partial charge in [-0.2, -0.15) is 0 Å². The molecular weight excluding hydrogens is 256 g/mol. The summed E-state index contributed by atoms with van der Waals surface area (Å²) < 4.78 is 0. The van der Waals surface area contributed by atoms with Gasteiger partial charge in [0.2, 0.25) is 0 Å². The van der Waals surface area contributed by atoms with Crippen molar-refractivity contribution in [1.82, 2.24) is 19.8 Å². The van der Waals surface area contributed by atoms with E-state index in [1.54, 1.807) is 0 Å². The summed E-state index contributed by atoms with van der Waals surface area (Å²) >= 11 is 0. The monoisotopic (exact) mass is 276 g/mol. The Morgan fingerprint density at radius 3 is 2.55 bits per heavy atom. The van der Waals surface area contributed by atoms with Crippen LogP contribution in [0, 0.1) is 0 Å². The summed E-state index contributed by atoms with van der Waals surface area (Å²) in [5, 5.41) is 9.22. The van der Waals surface area contributed by atoms with Gasteiger partial charge < -0.3 is 5.11 Å². The van der Waals surface area contributed by atoms with E-state index in [2.05, 4.69) is 19.8 Å². The van der Waals surface area contributed by atoms with Crippen molar-refractivity contribution in [1.29, 1.82) is 0 Å². The standard InChI is InChI=1S/C14H20N4O2/c1-9(2)12-10(14(19)20)7-15-13(16-12)11-8-17-3-5-18(11)6-4-17/h7,9,11H,3-6,8H2,1-2H3,(H,19,20). The lowest BCUT2D eigenvalue weighted by Gasteiger charge is -2.46. The van der Waals surface area contributed by atoms with Crippen LogP contribution in [0.25, 0.3) is 0 Å². The van der Waals surface area contributed by atoms with Crippen LogP contribution < -0.4 is 0 Å². The van der Waals surface area contributed by atoms with E-state index in [-0.39, 0.29) is 17.5 Å². The Morgan fingerprint density at radius 1 is 1.35 bits per heavy atom. The number of carboxylic acid groups (broad SMARTS) is 1. The Balaban J connectivity index is 1.94. The summed E-state index contributed by atoms with van der Waals surface area (Å²) in [6.45, 7) is 9.20. The molecule has 1 unspecified atom stereocenters. The van der Waals surface area contributed by atoms with E-state index in [1.165, 1.54) is 6.20 Å². The number of carbonyl (C=O) groups is 1. The van der Waals surface area contributed by atoms with Crippen LogP contribution in [0.2, 0.25) is 0 Å². The highest BCUT2D eigenvalue weighted by Gasteiger charge is 2.35. The molecule has 1 N–H and O–H groups in total. The molecule has 0 saturated carbocycles. The zero-order valence-electron chi connectivity index (χ0n) is 11.9. The Bertz CT molecular complexity index is 524. The molecule has 1 aromatic heterocycles. The highest BCUT2D eigenvalue weighted by atomic mass is 16.4. The summed E-state index contributed by atoms with van der Waals surface area (Å²) in [5.41, 5.74) is 0.861. The molecule has 6 nitrogen and oxygen atoms in total. The smallest absolute Gasteiger partial charge is 0.339 e. The van der Waals surface area contributed by atoms with Crippen molar-refractivity contribution in [3.63, 3.8) is 0 Å². The van der Waals surface area contributed by atoms with Crippen LogP contribution >= 0.6 is 0 Å². The maximum atomic E-state index is 11.2. The molecule has 4 rings (SSSR count).